The summed E-state index contributed by atoms with van der Waals surface area (Å²) in [7, 11) is 0. The number of halogens is 1. The average molecular weight is 354 g/mol. The van der Waals surface area contributed by atoms with Crippen molar-refractivity contribution < 1.29 is 9.53 Å². The number of piperidine rings is 1. The SMILES string of the molecule is CCOC1CCN(c2cc3c(cc2Br)C(N)C(=O)N3)CC1. The lowest BCUT2D eigenvalue weighted by atomic mass is 10.0. The predicted molar refractivity (Wildman–Crippen MR) is 86.6 cm³/mol. The van der Waals surface area contributed by atoms with E-state index < -0.39 is 6.04 Å². The van der Waals surface area contributed by atoms with Gasteiger partial charge in [0.15, 0.2) is 0 Å². The minimum absolute atomic E-state index is 0.135. The monoisotopic (exact) mass is 353 g/mol. The molecule has 1 unspecified atom stereocenters. The molecule has 1 aromatic carbocycles. The van der Waals surface area contributed by atoms with Gasteiger partial charge in [-0.15, -0.1) is 0 Å². The number of amides is 1. The third-order valence-corrected chi connectivity index (χ3v) is 4.81. The summed E-state index contributed by atoms with van der Waals surface area (Å²) in [5.74, 6) is -0.135. The number of hydrogen-bond acceptors (Lipinski definition) is 4. The quantitative estimate of drug-likeness (QED) is 0.875. The van der Waals surface area contributed by atoms with Crippen LogP contribution in [0, 0.1) is 0 Å². The van der Waals surface area contributed by atoms with Crippen LogP contribution in [0.25, 0.3) is 0 Å². The number of benzene rings is 1. The molecule has 0 bridgehead atoms. The van der Waals surface area contributed by atoms with Crippen LogP contribution in [0.15, 0.2) is 16.6 Å². The molecule has 2 heterocycles. The number of fused-ring (bicyclic) bond motifs is 1. The van der Waals surface area contributed by atoms with Gasteiger partial charge in [-0.05, 0) is 47.8 Å². The summed E-state index contributed by atoms with van der Waals surface area (Å²) in [6, 6.07) is 3.42. The summed E-state index contributed by atoms with van der Waals surface area (Å²) >= 11 is 3.61. The van der Waals surface area contributed by atoms with Crippen LogP contribution >= 0.6 is 15.9 Å². The van der Waals surface area contributed by atoms with E-state index in [2.05, 4.69) is 26.1 Å². The van der Waals surface area contributed by atoms with Crippen LogP contribution < -0.4 is 16.0 Å². The van der Waals surface area contributed by atoms with Crippen molar-refractivity contribution >= 4 is 33.2 Å². The van der Waals surface area contributed by atoms with Gasteiger partial charge >= 0.3 is 0 Å². The summed E-state index contributed by atoms with van der Waals surface area (Å²) in [5, 5.41) is 2.85. The Kier molecular flexibility index (Phi) is 4.19. The van der Waals surface area contributed by atoms with Gasteiger partial charge in [-0.2, -0.15) is 0 Å². The minimum Gasteiger partial charge on any atom is -0.378 e. The van der Waals surface area contributed by atoms with Crippen LogP contribution in [0.1, 0.15) is 31.4 Å². The summed E-state index contributed by atoms with van der Waals surface area (Å²) in [5.41, 5.74) is 8.68. The largest absolute Gasteiger partial charge is 0.378 e. The number of hydrogen-bond donors (Lipinski definition) is 2. The van der Waals surface area contributed by atoms with E-state index in [-0.39, 0.29) is 5.91 Å². The lowest BCUT2D eigenvalue weighted by Gasteiger charge is -2.34. The molecule has 0 saturated carbocycles. The molecular formula is C15H20BrN3O2. The molecule has 1 aromatic rings. The van der Waals surface area contributed by atoms with Gasteiger partial charge in [0.2, 0.25) is 5.91 Å². The molecule has 2 aliphatic rings. The summed E-state index contributed by atoms with van der Waals surface area (Å²) in [6.07, 6.45) is 2.43. The number of carbonyl (C=O) groups is 1. The second-order valence-electron chi connectivity index (χ2n) is 5.50. The first kappa shape index (κ1) is 14.8. The van der Waals surface area contributed by atoms with E-state index in [0.717, 1.165) is 53.9 Å². The van der Waals surface area contributed by atoms with E-state index in [1.54, 1.807) is 0 Å². The molecule has 21 heavy (non-hydrogen) atoms. The molecule has 114 valence electrons. The van der Waals surface area contributed by atoms with E-state index in [1.807, 2.05) is 19.1 Å². The highest BCUT2D eigenvalue weighted by atomic mass is 79.9. The third-order valence-electron chi connectivity index (χ3n) is 4.18. The van der Waals surface area contributed by atoms with Crippen LogP contribution in [0.2, 0.25) is 0 Å². The first-order chi connectivity index (χ1) is 10.1. The van der Waals surface area contributed by atoms with Gasteiger partial charge in [-0.1, -0.05) is 0 Å². The first-order valence-corrected chi connectivity index (χ1v) is 8.16. The van der Waals surface area contributed by atoms with Crippen molar-refractivity contribution in [3.63, 3.8) is 0 Å². The van der Waals surface area contributed by atoms with Crippen molar-refractivity contribution in [2.24, 2.45) is 5.73 Å². The molecule has 1 amide bonds. The van der Waals surface area contributed by atoms with Gasteiger partial charge in [0.05, 0.1) is 11.8 Å². The molecule has 3 N–H and O–H groups in total. The van der Waals surface area contributed by atoms with Gasteiger partial charge in [-0.25, -0.2) is 0 Å². The number of nitrogens with zero attached hydrogens (tertiary/aromatic N) is 1. The highest BCUT2D eigenvalue weighted by Gasteiger charge is 2.29. The Balaban J connectivity index is 1.78. The van der Waals surface area contributed by atoms with E-state index in [4.69, 9.17) is 10.5 Å². The number of carbonyl (C=O) groups excluding carboxylic acids is 1. The first-order valence-electron chi connectivity index (χ1n) is 7.36. The number of rotatable bonds is 3. The van der Waals surface area contributed by atoms with Crippen LogP contribution in [-0.2, 0) is 9.53 Å². The highest BCUT2D eigenvalue weighted by molar-refractivity contribution is 9.10. The topological polar surface area (TPSA) is 67.6 Å². The molecule has 5 nitrogen and oxygen atoms in total. The Morgan fingerprint density at radius 2 is 2.14 bits per heavy atom. The van der Waals surface area contributed by atoms with Gasteiger partial charge in [0.1, 0.15) is 6.04 Å². The fourth-order valence-electron chi connectivity index (χ4n) is 3.04. The van der Waals surface area contributed by atoms with E-state index >= 15 is 0 Å². The zero-order valence-electron chi connectivity index (χ0n) is 12.1. The fraction of sp³-hybridized carbons (Fsp3) is 0.533. The van der Waals surface area contributed by atoms with Crippen molar-refractivity contribution in [3.05, 3.63) is 22.2 Å². The van der Waals surface area contributed by atoms with E-state index in [0.29, 0.717) is 6.10 Å². The van der Waals surface area contributed by atoms with Crippen molar-refractivity contribution in [1.29, 1.82) is 0 Å². The van der Waals surface area contributed by atoms with Gasteiger partial charge in [-0.3, -0.25) is 4.79 Å². The molecule has 0 spiro atoms. The second-order valence-corrected chi connectivity index (χ2v) is 6.35. The van der Waals surface area contributed by atoms with Crippen molar-refractivity contribution in [2.45, 2.75) is 31.9 Å². The molecule has 0 radical (unpaired) electrons. The number of ether oxygens (including phenoxy) is 1. The maximum atomic E-state index is 11.7. The lowest BCUT2D eigenvalue weighted by molar-refractivity contribution is -0.116. The second kappa shape index (κ2) is 5.94. The van der Waals surface area contributed by atoms with Crippen LogP contribution in [-0.4, -0.2) is 31.7 Å². The Labute approximate surface area is 132 Å². The van der Waals surface area contributed by atoms with Crippen LogP contribution in [0.5, 0.6) is 0 Å². The molecule has 1 saturated heterocycles. The molecule has 0 aliphatic carbocycles. The molecule has 2 aliphatic heterocycles. The summed E-state index contributed by atoms with van der Waals surface area (Å²) in [6.45, 7) is 4.73. The minimum atomic E-state index is -0.561. The molecule has 6 heteroatoms. The van der Waals surface area contributed by atoms with E-state index in [1.165, 1.54) is 0 Å². The van der Waals surface area contributed by atoms with Gasteiger partial charge in [0.25, 0.3) is 0 Å². The zero-order valence-corrected chi connectivity index (χ0v) is 13.6. The maximum Gasteiger partial charge on any atom is 0.245 e. The van der Waals surface area contributed by atoms with Crippen molar-refractivity contribution in [1.82, 2.24) is 0 Å². The van der Waals surface area contributed by atoms with E-state index in [9.17, 15) is 4.79 Å². The fourth-order valence-corrected chi connectivity index (χ4v) is 3.65. The van der Waals surface area contributed by atoms with Crippen LogP contribution in [0.4, 0.5) is 11.4 Å². The summed E-state index contributed by atoms with van der Waals surface area (Å²) in [4.78, 5) is 14.0. The molecule has 1 atom stereocenters. The Bertz CT molecular complexity index is 556. The Hall–Kier alpha value is -1.11. The van der Waals surface area contributed by atoms with Crippen molar-refractivity contribution in [2.75, 3.05) is 29.9 Å². The Morgan fingerprint density at radius 3 is 2.81 bits per heavy atom. The number of nitrogens with two attached hydrogens (primary N) is 1. The maximum absolute atomic E-state index is 11.7. The standard InChI is InChI=1S/C15H20BrN3O2/c1-2-21-9-3-5-19(6-4-9)13-8-12-10(7-11(13)16)14(17)15(20)18-12/h7-9,14H,2-6,17H2,1H3,(H,18,20). The molecule has 1 fully saturated rings. The number of anilines is 2. The van der Waals surface area contributed by atoms with Gasteiger partial charge < -0.3 is 20.7 Å². The summed E-state index contributed by atoms with van der Waals surface area (Å²) < 4.78 is 6.68. The third kappa shape index (κ3) is 2.80. The smallest absolute Gasteiger partial charge is 0.245 e. The molecular weight excluding hydrogens is 334 g/mol. The lowest BCUT2D eigenvalue weighted by Crippen LogP contribution is -2.37. The van der Waals surface area contributed by atoms with Crippen LogP contribution in [0.3, 0.4) is 0 Å². The zero-order chi connectivity index (χ0) is 15.0. The molecule has 3 rings (SSSR count). The highest BCUT2D eigenvalue weighted by Crippen LogP contribution is 2.39. The van der Waals surface area contributed by atoms with Crippen molar-refractivity contribution in [3.8, 4) is 0 Å². The molecule has 0 aromatic heterocycles. The number of nitrogens with one attached hydrogen (secondary N) is 1. The average Bonchev–Trinajstić information content (AvgIpc) is 2.75. The Morgan fingerprint density at radius 1 is 1.43 bits per heavy atom. The normalized spacial score (nSPS) is 22.3. The predicted octanol–water partition coefficient (Wildman–Crippen LogP) is 2.41. The van der Waals surface area contributed by atoms with Gasteiger partial charge in [0, 0.05) is 35.4 Å².